The van der Waals surface area contributed by atoms with E-state index in [1.165, 1.54) is 16.6 Å². The predicted molar refractivity (Wildman–Crippen MR) is 77.0 cm³/mol. The van der Waals surface area contributed by atoms with E-state index in [9.17, 15) is 4.79 Å². The van der Waals surface area contributed by atoms with Crippen LogP contribution in [0.25, 0.3) is 10.9 Å². The maximum atomic E-state index is 11.1. The lowest BCUT2D eigenvalue weighted by Gasteiger charge is -2.16. The van der Waals surface area contributed by atoms with E-state index in [0.29, 0.717) is 0 Å². The number of benzene rings is 1. The van der Waals surface area contributed by atoms with Gasteiger partial charge in [-0.05, 0) is 18.1 Å². The first-order valence-electron chi connectivity index (χ1n) is 6.20. The van der Waals surface area contributed by atoms with Gasteiger partial charge >= 0.3 is 5.97 Å². The Balaban J connectivity index is 0.00000133. The van der Waals surface area contributed by atoms with Gasteiger partial charge in [-0.25, -0.2) is 0 Å². The van der Waals surface area contributed by atoms with Gasteiger partial charge in [0.1, 0.15) is 6.54 Å². The van der Waals surface area contributed by atoms with Crippen molar-refractivity contribution in [3.8, 4) is 0 Å². The van der Waals surface area contributed by atoms with Crippen molar-refractivity contribution < 1.29 is 9.90 Å². The smallest absolute Gasteiger partial charge is 0.323 e. The molecule has 0 saturated heterocycles. The molecule has 1 aromatic carbocycles. The Bertz CT molecular complexity index is 634. The van der Waals surface area contributed by atoms with Crippen LogP contribution in [0.3, 0.4) is 0 Å². The minimum absolute atomic E-state index is 0. The number of rotatable bonds is 2. The number of aryl methyl sites for hydroxylation is 1. The van der Waals surface area contributed by atoms with E-state index >= 15 is 0 Å². The third-order valence-electron chi connectivity index (χ3n) is 3.64. The molecule has 1 aromatic heterocycles. The second kappa shape index (κ2) is 5.23. The topological polar surface area (TPSA) is 54.3 Å². The van der Waals surface area contributed by atoms with Crippen LogP contribution < -0.4 is 5.32 Å². The van der Waals surface area contributed by atoms with Crippen molar-refractivity contribution in [1.29, 1.82) is 0 Å². The summed E-state index contributed by atoms with van der Waals surface area (Å²) in [6, 6.07) is 6.17. The Morgan fingerprint density at radius 2 is 2.26 bits per heavy atom. The molecule has 2 N–H and O–H groups in total. The zero-order valence-electron chi connectivity index (χ0n) is 10.8. The molecule has 0 aliphatic carbocycles. The third-order valence-corrected chi connectivity index (χ3v) is 3.64. The first-order chi connectivity index (χ1) is 8.68. The van der Waals surface area contributed by atoms with Crippen molar-refractivity contribution in [1.82, 2.24) is 9.88 Å². The summed E-state index contributed by atoms with van der Waals surface area (Å²) >= 11 is 0. The van der Waals surface area contributed by atoms with Gasteiger partial charge in [0.25, 0.3) is 0 Å². The molecule has 1 aliphatic heterocycles. The van der Waals surface area contributed by atoms with Crippen LogP contribution in [0, 0.1) is 6.92 Å². The van der Waals surface area contributed by atoms with Crippen molar-refractivity contribution in [2.24, 2.45) is 0 Å². The van der Waals surface area contributed by atoms with Crippen LogP contribution >= 0.6 is 12.4 Å². The highest BCUT2D eigenvalue weighted by atomic mass is 35.5. The lowest BCUT2D eigenvalue weighted by Crippen LogP contribution is -2.25. The molecule has 0 fully saturated rings. The van der Waals surface area contributed by atoms with E-state index < -0.39 is 5.97 Å². The fraction of sp³-hybridized carbons (Fsp3) is 0.357. The SMILES string of the molecule is Cc1cccc2c3c(n(CC(=O)O)c12)CCNC3.Cl. The first kappa shape index (κ1) is 13.9. The van der Waals surface area contributed by atoms with Gasteiger partial charge in [0, 0.05) is 30.6 Å². The number of carboxylic acid groups (broad SMARTS) is 1. The fourth-order valence-corrected chi connectivity index (χ4v) is 2.93. The minimum Gasteiger partial charge on any atom is -0.480 e. The van der Waals surface area contributed by atoms with Gasteiger partial charge in [0.15, 0.2) is 0 Å². The number of hydrogen-bond acceptors (Lipinski definition) is 2. The summed E-state index contributed by atoms with van der Waals surface area (Å²) in [5, 5.41) is 13.7. The fourth-order valence-electron chi connectivity index (χ4n) is 2.93. The Hall–Kier alpha value is -1.52. The highest BCUT2D eigenvalue weighted by Crippen LogP contribution is 2.30. The third kappa shape index (κ3) is 2.22. The molecule has 4 nitrogen and oxygen atoms in total. The van der Waals surface area contributed by atoms with Gasteiger partial charge in [0.2, 0.25) is 0 Å². The second-order valence-electron chi connectivity index (χ2n) is 4.80. The lowest BCUT2D eigenvalue weighted by molar-refractivity contribution is -0.137. The molecule has 0 atom stereocenters. The molecule has 5 heteroatoms. The second-order valence-corrected chi connectivity index (χ2v) is 4.80. The molecule has 2 aromatic rings. The number of aliphatic carboxylic acids is 1. The van der Waals surface area contributed by atoms with Crippen molar-refractivity contribution >= 4 is 29.3 Å². The summed E-state index contributed by atoms with van der Waals surface area (Å²) in [7, 11) is 0. The molecule has 2 heterocycles. The zero-order chi connectivity index (χ0) is 12.7. The van der Waals surface area contributed by atoms with Crippen LogP contribution in [-0.2, 0) is 24.3 Å². The van der Waals surface area contributed by atoms with E-state index in [2.05, 4.69) is 11.4 Å². The number of nitrogens with one attached hydrogen (secondary N) is 1. The van der Waals surface area contributed by atoms with Crippen LogP contribution in [0.2, 0.25) is 0 Å². The molecule has 0 radical (unpaired) electrons. The first-order valence-corrected chi connectivity index (χ1v) is 6.20. The number of fused-ring (bicyclic) bond motifs is 3. The normalized spacial score (nSPS) is 13.9. The largest absolute Gasteiger partial charge is 0.480 e. The Morgan fingerprint density at radius 1 is 1.47 bits per heavy atom. The van der Waals surface area contributed by atoms with E-state index in [1.54, 1.807) is 0 Å². The molecule has 0 unspecified atom stereocenters. The number of hydrogen-bond donors (Lipinski definition) is 2. The molecule has 3 rings (SSSR count). The van der Waals surface area contributed by atoms with E-state index in [4.69, 9.17) is 5.11 Å². The van der Waals surface area contributed by atoms with E-state index in [1.807, 2.05) is 23.6 Å². The molecule has 102 valence electrons. The standard InChI is InChI=1S/C14H16N2O2.ClH/c1-9-3-2-4-10-11-7-15-6-5-12(11)16(14(9)10)8-13(17)18;/h2-4,15H,5-8H2,1H3,(H,17,18);1H. The van der Waals surface area contributed by atoms with Crippen LogP contribution in [0.5, 0.6) is 0 Å². The molecule has 0 saturated carbocycles. The van der Waals surface area contributed by atoms with Crippen molar-refractivity contribution in [3.63, 3.8) is 0 Å². The highest BCUT2D eigenvalue weighted by Gasteiger charge is 2.21. The number of carboxylic acids is 1. The average molecular weight is 281 g/mol. The number of carbonyl (C=O) groups is 1. The van der Waals surface area contributed by atoms with E-state index in [-0.39, 0.29) is 19.0 Å². The monoisotopic (exact) mass is 280 g/mol. The molecule has 0 bridgehead atoms. The van der Waals surface area contributed by atoms with Gasteiger partial charge in [-0.15, -0.1) is 12.4 Å². The number of para-hydroxylation sites is 1. The zero-order valence-corrected chi connectivity index (χ0v) is 11.6. The summed E-state index contributed by atoms with van der Waals surface area (Å²) in [5.41, 5.74) is 4.67. The van der Waals surface area contributed by atoms with Crippen LogP contribution in [0.4, 0.5) is 0 Å². The summed E-state index contributed by atoms with van der Waals surface area (Å²) in [4.78, 5) is 11.1. The molecule has 19 heavy (non-hydrogen) atoms. The van der Waals surface area contributed by atoms with Crippen LogP contribution in [0.15, 0.2) is 18.2 Å². The summed E-state index contributed by atoms with van der Waals surface area (Å²) in [5.74, 6) is -0.781. The molecule has 1 aliphatic rings. The van der Waals surface area contributed by atoms with Gasteiger partial charge in [-0.3, -0.25) is 4.79 Å². The Morgan fingerprint density at radius 3 is 3.00 bits per heavy atom. The molecular weight excluding hydrogens is 264 g/mol. The molecular formula is C14H17ClN2O2. The van der Waals surface area contributed by atoms with E-state index in [0.717, 1.165) is 30.6 Å². The summed E-state index contributed by atoms with van der Waals surface area (Å²) in [6.45, 7) is 3.85. The maximum absolute atomic E-state index is 11.1. The minimum atomic E-state index is -0.781. The van der Waals surface area contributed by atoms with Crippen molar-refractivity contribution in [3.05, 3.63) is 35.0 Å². The summed E-state index contributed by atoms with van der Waals surface area (Å²) in [6.07, 6.45) is 0.900. The Kier molecular flexibility index (Phi) is 3.83. The quantitative estimate of drug-likeness (QED) is 0.886. The lowest BCUT2D eigenvalue weighted by atomic mass is 10.0. The highest BCUT2D eigenvalue weighted by molar-refractivity contribution is 5.89. The number of halogens is 1. The molecule has 0 amide bonds. The van der Waals surface area contributed by atoms with Crippen molar-refractivity contribution in [2.45, 2.75) is 26.4 Å². The maximum Gasteiger partial charge on any atom is 0.323 e. The predicted octanol–water partition coefficient (Wildman–Crippen LogP) is 2.10. The van der Waals surface area contributed by atoms with Gasteiger partial charge in [0.05, 0.1) is 5.52 Å². The number of nitrogens with zero attached hydrogens (tertiary/aromatic N) is 1. The van der Waals surface area contributed by atoms with Gasteiger partial charge in [-0.1, -0.05) is 18.2 Å². The van der Waals surface area contributed by atoms with Gasteiger partial charge in [-0.2, -0.15) is 0 Å². The van der Waals surface area contributed by atoms with Gasteiger partial charge < -0.3 is 15.0 Å². The van der Waals surface area contributed by atoms with Crippen molar-refractivity contribution in [2.75, 3.05) is 6.54 Å². The summed E-state index contributed by atoms with van der Waals surface area (Å²) < 4.78 is 1.98. The Labute approximate surface area is 117 Å². The molecule has 0 spiro atoms. The van der Waals surface area contributed by atoms with Crippen LogP contribution in [-0.4, -0.2) is 22.2 Å². The number of aromatic nitrogens is 1. The average Bonchev–Trinajstić information content (AvgIpc) is 2.66. The van der Waals surface area contributed by atoms with Crippen LogP contribution in [0.1, 0.15) is 16.8 Å².